The van der Waals surface area contributed by atoms with Gasteiger partial charge in [-0.3, -0.25) is 9.69 Å². The molecule has 1 fully saturated rings. The first-order chi connectivity index (χ1) is 18.0. The molecule has 3 aromatic rings. The van der Waals surface area contributed by atoms with Crippen LogP contribution in [0.3, 0.4) is 0 Å². The summed E-state index contributed by atoms with van der Waals surface area (Å²) in [5, 5.41) is 0. The van der Waals surface area contributed by atoms with Gasteiger partial charge in [0.15, 0.2) is 0 Å². The second-order valence-corrected chi connectivity index (χ2v) is 10.2. The summed E-state index contributed by atoms with van der Waals surface area (Å²) in [6.45, 7) is 5.58. The second-order valence-electron chi connectivity index (χ2n) is 10.2. The molecule has 0 aliphatic carbocycles. The number of carbonyl (C=O) groups is 1. The summed E-state index contributed by atoms with van der Waals surface area (Å²) in [7, 11) is 1.44. The van der Waals surface area contributed by atoms with Crippen molar-refractivity contribution in [3.8, 4) is 12.3 Å². The number of piperidine rings is 1. The van der Waals surface area contributed by atoms with Crippen molar-refractivity contribution in [2.24, 2.45) is 0 Å². The molecule has 4 rings (SSSR count). The normalized spacial score (nSPS) is 15.8. The Morgan fingerprint density at radius 1 is 0.946 bits per heavy atom. The predicted octanol–water partition coefficient (Wildman–Crippen LogP) is 6.47. The van der Waals surface area contributed by atoms with Gasteiger partial charge >= 0.3 is 5.97 Å². The highest BCUT2D eigenvalue weighted by Crippen LogP contribution is 2.37. The molecular weight excluding hydrogens is 458 g/mol. The lowest BCUT2D eigenvalue weighted by Crippen LogP contribution is -2.41. The van der Waals surface area contributed by atoms with Crippen LogP contribution in [0.5, 0.6) is 0 Å². The highest BCUT2D eigenvalue weighted by atomic mass is 16.5. The Balaban J connectivity index is 1.52. The van der Waals surface area contributed by atoms with Crippen LogP contribution in [-0.2, 0) is 19.7 Å². The first kappa shape index (κ1) is 26.7. The molecule has 0 amide bonds. The average molecular weight is 496 g/mol. The van der Waals surface area contributed by atoms with Gasteiger partial charge in [0.2, 0.25) is 0 Å². The summed E-state index contributed by atoms with van der Waals surface area (Å²) in [5.41, 5.74) is 3.63. The number of likely N-dealkylation sites (tertiary alicyclic amines) is 1. The monoisotopic (exact) mass is 495 g/mol. The zero-order chi connectivity index (χ0) is 26.3. The molecule has 0 aromatic heterocycles. The van der Waals surface area contributed by atoms with Gasteiger partial charge in [-0.25, -0.2) is 0 Å². The van der Waals surface area contributed by atoms with Crippen molar-refractivity contribution in [2.75, 3.05) is 20.2 Å². The largest absolute Gasteiger partial charge is 0.468 e. The predicted molar refractivity (Wildman–Crippen MR) is 148 cm³/mol. The topological polar surface area (TPSA) is 38.8 Å². The first-order valence-electron chi connectivity index (χ1n) is 13.1. The van der Waals surface area contributed by atoms with Crippen LogP contribution in [0.25, 0.3) is 0 Å². The van der Waals surface area contributed by atoms with Crippen LogP contribution in [0, 0.1) is 12.3 Å². The minimum Gasteiger partial charge on any atom is -0.468 e. The summed E-state index contributed by atoms with van der Waals surface area (Å²) in [5.74, 6) is 2.63. The standard InChI is InChI=1S/C33H37NO3/c1-5-14-30(28-19-12-13-20-29(28)33(2,3)32(35)36-4)34-23-21-27(22-24-34)37-31(25-15-8-6-9-16-25)26-17-10-7-11-18-26/h1,6-13,15-20,27,30-31H,14,21-24H2,2-4H3. The van der Waals surface area contributed by atoms with Gasteiger partial charge in [-0.2, -0.15) is 0 Å². The fourth-order valence-corrected chi connectivity index (χ4v) is 5.39. The number of methoxy groups -OCH3 is 1. The van der Waals surface area contributed by atoms with Crippen LogP contribution in [0.15, 0.2) is 84.9 Å². The number of hydrogen-bond donors (Lipinski definition) is 0. The van der Waals surface area contributed by atoms with E-state index in [4.69, 9.17) is 15.9 Å². The van der Waals surface area contributed by atoms with Crippen LogP contribution in [0.4, 0.5) is 0 Å². The number of carbonyl (C=O) groups excluding carboxylic acids is 1. The van der Waals surface area contributed by atoms with Gasteiger partial charge in [0.05, 0.1) is 18.6 Å². The lowest BCUT2D eigenvalue weighted by molar-refractivity contribution is -0.146. The molecule has 1 unspecified atom stereocenters. The van der Waals surface area contributed by atoms with E-state index in [1.807, 2.05) is 44.2 Å². The zero-order valence-electron chi connectivity index (χ0n) is 22.1. The summed E-state index contributed by atoms with van der Waals surface area (Å²) in [6.07, 6.45) is 8.31. The number of benzene rings is 3. The summed E-state index contributed by atoms with van der Waals surface area (Å²) in [6, 6.07) is 29.0. The van der Waals surface area contributed by atoms with E-state index >= 15 is 0 Å². The minimum absolute atomic E-state index is 0.0325. The van der Waals surface area contributed by atoms with Crippen LogP contribution < -0.4 is 0 Å². The minimum atomic E-state index is -0.766. The lowest BCUT2D eigenvalue weighted by atomic mass is 9.79. The molecule has 0 bridgehead atoms. The van der Waals surface area contributed by atoms with Crippen LogP contribution >= 0.6 is 0 Å². The van der Waals surface area contributed by atoms with E-state index in [9.17, 15) is 4.79 Å². The maximum Gasteiger partial charge on any atom is 0.315 e. The third-order valence-corrected chi connectivity index (χ3v) is 7.45. The molecule has 4 heteroatoms. The van der Waals surface area contributed by atoms with Gasteiger partial charge in [0, 0.05) is 25.6 Å². The molecule has 0 radical (unpaired) electrons. The molecule has 1 aliphatic rings. The Hall–Kier alpha value is -3.39. The second kappa shape index (κ2) is 12.2. The molecule has 0 saturated carbocycles. The van der Waals surface area contributed by atoms with E-state index in [-0.39, 0.29) is 24.2 Å². The molecule has 37 heavy (non-hydrogen) atoms. The van der Waals surface area contributed by atoms with E-state index in [2.05, 4.69) is 65.4 Å². The van der Waals surface area contributed by atoms with Gasteiger partial charge in [-0.15, -0.1) is 12.3 Å². The molecule has 1 saturated heterocycles. The Kier molecular flexibility index (Phi) is 8.82. The Morgan fingerprint density at radius 3 is 2.03 bits per heavy atom. The van der Waals surface area contributed by atoms with Crippen molar-refractivity contribution in [1.82, 2.24) is 4.90 Å². The lowest BCUT2D eigenvalue weighted by Gasteiger charge is -2.40. The summed E-state index contributed by atoms with van der Waals surface area (Å²) >= 11 is 0. The fourth-order valence-electron chi connectivity index (χ4n) is 5.39. The number of rotatable bonds is 9. The van der Waals surface area contributed by atoms with Crippen molar-refractivity contribution < 1.29 is 14.3 Å². The van der Waals surface area contributed by atoms with E-state index in [0.717, 1.165) is 37.1 Å². The van der Waals surface area contributed by atoms with Crippen molar-refractivity contribution in [3.63, 3.8) is 0 Å². The molecule has 1 atom stereocenters. The van der Waals surface area contributed by atoms with Gasteiger partial charge in [-0.05, 0) is 48.9 Å². The van der Waals surface area contributed by atoms with Crippen LogP contribution in [-0.4, -0.2) is 37.2 Å². The quantitative estimate of drug-likeness (QED) is 0.252. The molecule has 1 aliphatic heterocycles. The average Bonchev–Trinajstić information content (AvgIpc) is 2.95. The molecule has 3 aromatic carbocycles. The van der Waals surface area contributed by atoms with Gasteiger partial charge in [0.1, 0.15) is 6.10 Å². The van der Waals surface area contributed by atoms with Gasteiger partial charge in [-0.1, -0.05) is 84.9 Å². The molecule has 0 spiro atoms. The number of esters is 1. The molecule has 4 nitrogen and oxygen atoms in total. The Bertz CT molecular complexity index is 1150. The van der Waals surface area contributed by atoms with E-state index in [0.29, 0.717) is 6.42 Å². The van der Waals surface area contributed by atoms with Gasteiger partial charge < -0.3 is 9.47 Å². The molecule has 0 N–H and O–H groups in total. The van der Waals surface area contributed by atoms with E-state index < -0.39 is 5.41 Å². The number of ether oxygens (including phenoxy) is 2. The summed E-state index contributed by atoms with van der Waals surface area (Å²) < 4.78 is 11.9. The third-order valence-electron chi connectivity index (χ3n) is 7.45. The van der Waals surface area contributed by atoms with Crippen molar-refractivity contribution >= 4 is 5.97 Å². The van der Waals surface area contributed by atoms with Crippen LogP contribution in [0.1, 0.15) is 67.5 Å². The van der Waals surface area contributed by atoms with E-state index in [1.165, 1.54) is 18.2 Å². The highest BCUT2D eigenvalue weighted by molar-refractivity contribution is 5.82. The van der Waals surface area contributed by atoms with E-state index in [1.54, 1.807) is 0 Å². The SMILES string of the molecule is C#CCC(c1ccccc1C(C)(C)C(=O)OC)N1CCC(OC(c2ccccc2)c2ccccc2)CC1. The Labute approximate surface area is 221 Å². The first-order valence-corrected chi connectivity index (χ1v) is 13.1. The highest BCUT2D eigenvalue weighted by Gasteiger charge is 2.36. The molecule has 1 heterocycles. The molecule has 192 valence electrons. The number of terminal acetylenes is 1. The number of nitrogens with zero attached hydrogens (tertiary/aromatic N) is 1. The van der Waals surface area contributed by atoms with Gasteiger partial charge in [0.25, 0.3) is 0 Å². The van der Waals surface area contributed by atoms with Crippen molar-refractivity contribution in [1.29, 1.82) is 0 Å². The summed E-state index contributed by atoms with van der Waals surface area (Å²) in [4.78, 5) is 15.1. The maximum atomic E-state index is 12.6. The third kappa shape index (κ3) is 6.13. The van der Waals surface area contributed by atoms with Crippen molar-refractivity contribution in [2.45, 2.75) is 56.8 Å². The number of hydrogen-bond acceptors (Lipinski definition) is 4. The smallest absolute Gasteiger partial charge is 0.315 e. The van der Waals surface area contributed by atoms with Crippen molar-refractivity contribution in [3.05, 3.63) is 107 Å². The fraction of sp³-hybridized carbons (Fsp3) is 0.364. The zero-order valence-corrected chi connectivity index (χ0v) is 22.1. The maximum absolute atomic E-state index is 12.6. The van der Waals surface area contributed by atoms with Crippen LogP contribution in [0.2, 0.25) is 0 Å². The molecular formula is C33H37NO3. The Morgan fingerprint density at radius 2 is 1.49 bits per heavy atom.